The highest BCUT2D eigenvalue weighted by atomic mass is 16.3. The molecule has 0 saturated heterocycles. The smallest absolute Gasteiger partial charge is 0.0558 e. The van der Waals surface area contributed by atoms with Crippen LogP contribution in [0, 0.1) is 5.92 Å². The Kier molecular flexibility index (Phi) is 6.37. The lowest BCUT2D eigenvalue weighted by molar-refractivity contribution is 0.0682. The molecule has 1 fully saturated rings. The predicted octanol–water partition coefficient (Wildman–Crippen LogP) is 3.05. The zero-order valence-corrected chi connectivity index (χ0v) is 11.3. The average molecular weight is 227 g/mol. The lowest BCUT2D eigenvalue weighted by Gasteiger charge is -2.40. The Bertz CT molecular complexity index is 172. The van der Waals surface area contributed by atoms with Crippen molar-refractivity contribution in [3.63, 3.8) is 0 Å². The SMILES string of the molecule is CCC(CC)N(CCO)C1CCC(C)CC1. The van der Waals surface area contributed by atoms with Gasteiger partial charge in [0.15, 0.2) is 0 Å². The number of hydrogen-bond acceptors (Lipinski definition) is 2. The lowest BCUT2D eigenvalue weighted by atomic mass is 9.85. The summed E-state index contributed by atoms with van der Waals surface area (Å²) in [4.78, 5) is 2.58. The molecule has 0 spiro atoms. The molecule has 16 heavy (non-hydrogen) atoms. The molecule has 2 nitrogen and oxygen atoms in total. The van der Waals surface area contributed by atoms with Crippen LogP contribution >= 0.6 is 0 Å². The van der Waals surface area contributed by atoms with E-state index in [9.17, 15) is 5.11 Å². The first-order valence-electron chi connectivity index (χ1n) is 7.09. The van der Waals surface area contributed by atoms with E-state index in [-0.39, 0.29) is 0 Å². The van der Waals surface area contributed by atoms with Gasteiger partial charge < -0.3 is 5.11 Å². The van der Waals surface area contributed by atoms with Gasteiger partial charge in [-0.2, -0.15) is 0 Å². The molecule has 2 heteroatoms. The van der Waals surface area contributed by atoms with Gasteiger partial charge in [0.25, 0.3) is 0 Å². The Morgan fingerprint density at radius 3 is 2.12 bits per heavy atom. The van der Waals surface area contributed by atoms with Crippen molar-refractivity contribution in [1.82, 2.24) is 4.90 Å². The molecule has 0 radical (unpaired) electrons. The van der Waals surface area contributed by atoms with Gasteiger partial charge in [0.05, 0.1) is 6.61 Å². The molecule has 1 saturated carbocycles. The van der Waals surface area contributed by atoms with Crippen LogP contribution in [-0.4, -0.2) is 35.2 Å². The van der Waals surface area contributed by atoms with Gasteiger partial charge in [-0.3, -0.25) is 4.90 Å². The highest BCUT2D eigenvalue weighted by Crippen LogP contribution is 2.29. The van der Waals surface area contributed by atoms with E-state index in [0.717, 1.165) is 18.5 Å². The molecule has 0 bridgehead atoms. The maximum Gasteiger partial charge on any atom is 0.0558 e. The zero-order chi connectivity index (χ0) is 12.0. The van der Waals surface area contributed by atoms with Gasteiger partial charge >= 0.3 is 0 Å². The minimum Gasteiger partial charge on any atom is -0.395 e. The van der Waals surface area contributed by atoms with Crippen molar-refractivity contribution in [1.29, 1.82) is 0 Å². The highest BCUT2D eigenvalue weighted by molar-refractivity contribution is 4.82. The van der Waals surface area contributed by atoms with E-state index in [4.69, 9.17) is 0 Å². The number of aliphatic hydroxyl groups excluding tert-OH is 1. The maximum atomic E-state index is 9.22. The molecule has 0 aromatic carbocycles. The Morgan fingerprint density at radius 2 is 1.69 bits per heavy atom. The van der Waals surface area contributed by atoms with Crippen molar-refractivity contribution in [3.8, 4) is 0 Å². The monoisotopic (exact) mass is 227 g/mol. The normalized spacial score (nSPS) is 26.6. The molecule has 1 aliphatic carbocycles. The number of rotatable bonds is 6. The molecule has 0 aliphatic heterocycles. The summed E-state index contributed by atoms with van der Waals surface area (Å²) in [5.74, 6) is 0.911. The van der Waals surface area contributed by atoms with Crippen molar-refractivity contribution < 1.29 is 5.11 Å². The molecule has 96 valence electrons. The fraction of sp³-hybridized carbons (Fsp3) is 1.00. The summed E-state index contributed by atoms with van der Waals surface area (Å²) in [5.41, 5.74) is 0. The van der Waals surface area contributed by atoms with Crippen molar-refractivity contribution in [2.45, 2.75) is 71.4 Å². The topological polar surface area (TPSA) is 23.5 Å². The van der Waals surface area contributed by atoms with Crippen LogP contribution in [0.15, 0.2) is 0 Å². The average Bonchev–Trinajstić information content (AvgIpc) is 2.31. The molecule has 1 aliphatic rings. The molecular formula is C14H29NO. The second-order valence-corrected chi connectivity index (χ2v) is 5.35. The second-order valence-electron chi connectivity index (χ2n) is 5.35. The zero-order valence-electron chi connectivity index (χ0n) is 11.3. The molecule has 0 aromatic heterocycles. The van der Waals surface area contributed by atoms with Crippen LogP contribution in [-0.2, 0) is 0 Å². The lowest BCUT2D eigenvalue weighted by Crippen LogP contribution is -2.45. The first-order chi connectivity index (χ1) is 7.72. The number of aliphatic hydroxyl groups is 1. The largest absolute Gasteiger partial charge is 0.395 e. The minimum absolute atomic E-state index is 0.308. The molecule has 0 atom stereocenters. The molecule has 1 rings (SSSR count). The number of hydrogen-bond donors (Lipinski definition) is 1. The first-order valence-corrected chi connectivity index (χ1v) is 7.09. The Labute approximate surface area is 101 Å². The van der Waals surface area contributed by atoms with E-state index in [1.165, 1.54) is 38.5 Å². The Balaban J connectivity index is 2.54. The van der Waals surface area contributed by atoms with Crippen molar-refractivity contribution in [2.24, 2.45) is 5.92 Å². The quantitative estimate of drug-likeness (QED) is 0.754. The van der Waals surface area contributed by atoms with Crippen LogP contribution < -0.4 is 0 Å². The van der Waals surface area contributed by atoms with Crippen molar-refractivity contribution in [3.05, 3.63) is 0 Å². The second kappa shape index (κ2) is 7.29. The molecule has 1 N–H and O–H groups in total. The van der Waals surface area contributed by atoms with E-state index >= 15 is 0 Å². The summed E-state index contributed by atoms with van der Waals surface area (Å²) in [6.07, 6.45) is 7.82. The Morgan fingerprint density at radius 1 is 1.12 bits per heavy atom. The van der Waals surface area contributed by atoms with Crippen LogP contribution in [0.5, 0.6) is 0 Å². The van der Waals surface area contributed by atoms with Crippen LogP contribution in [0.3, 0.4) is 0 Å². The van der Waals surface area contributed by atoms with Crippen LogP contribution in [0.25, 0.3) is 0 Å². The third-order valence-corrected chi connectivity index (χ3v) is 4.22. The molecule has 0 heterocycles. The first kappa shape index (κ1) is 14.0. The van der Waals surface area contributed by atoms with Crippen LogP contribution in [0.2, 0.25) is 0 Å². The van der Waals surface area contributed by atoms with Crippen LogP contribution in [0.4, 0.5) is 0 Å². The number of nitrogens with zero attached hydrogens (tertiary/aromatic N) is 1. The van der Waals surface area contributed by atoms with E-state index in [1.54, 1.807) is 0 Å². The van der Waals surface area contributed by atoms with Gasteiger partial charge in [-0.25, -0.2) is 0 Å². The summed E-state index contributed by atoms with van der Waals surface area (Å²) < 4.78 is 0. The van der Waals surface area contributed by atoms with Crippen molar-refractivity contribution in [2.75, 3.05) is 13.2 Å². The van der Waals surface area contributed by atoms with E-state index in [2.05, 4.69) is 25.7 Å². The summed E-state index contributed by atoms with van der Waals surface area (Å²) in [6, 6.07) is 1.40. The van der Waals surface area contributed by atoms with Crippen LogP contribution in [0.1, 0.15) is 59.3 Å². The third kappa shape index (κ3) is 3.74. The minimum atomic E-state index is 0.308. The third-order valence-electron chi connectivity index (χ3n) is 4.22. The fourth-order valence-corrected chi connectivity index (χ4v) is 3.11. The summed E-state index contributed by atoms with van der Waals surface area (Å²) in [6.45, 7) is 8.08. The van der Waals surface area contributed by atoms with Gasteiger partial charge in [0.2, 0.25) is 0 Å². The molecule has 0 amide bonds. The maximum absolute atomic E-state index is 9.22. The van der Waals surface area contributed by atoms with E-state index in [0.29, 0.717) is 12.6 Å². The van der Waals surface area contributed by atoms with Gasteiger partial charge in [0.1, 0.15) is 0 Å². The van der Waals surface area contributed by atoms with E-state index in [1.807, 2.05) is 0 Å². The predicted molar refractivity (Wildman–Crippen MR) is 69.6 cm³/mol. The summed E-state index contributed by atoms with van der Waals surface area (Å²) >= 11 is 0. The molecular weight excluding hydrogens is 198 g/mol. The van der Waals surface area contributed by atoms with Gasteiger partial charge in [-0.15, -0.1) is 0 Å². The van der Waals surface area contributed by atoms with Gasteiger partial charge in [0, 0.05) is 18.6 Å². The highest BCUT2D eigenvalue weighted by Gasteiger charge is 2.27. The summed E-state index contributed by atoms with van der Waals surface area (Å²) in [7, 11) is 0. The molecule has 0 aromatic rings. The Hall–Kier alpha value is -0.0800. The fourth-order valence-electron chi connectivity index (χ4n) is 3.11. The summed E-state index contributed by atoms with van der Waals surface area (Å²) in [5, 5.41) is 9.22. The van der Waals surface area contributed by atoms with Gasteiger partial charge in [-0.05, 0) is 44.4 Å². The van der Waals surface area contributed by atoms with E-state index < -0.39 is 0 Å². The molecule has 0 unspecified atom stereocenters. The van der Waals surface area contributed by atoms with Gasteiger partial charge in [-0.1, -0.05) is 20.8 Å². The van der Waals surface area contributed by atoms with Crippen molar-refractivity contribution >= 4 is 0 Å². The standard InChI is InChI=1S/C14H29NO/c1-4-13(5-2)15(10-11-16)14-8-6-12(3)7-9-14/h12-14,16H,4-11H2,1-3H3.